The van der Waals surface area contributed by atoms with E-state index in [1.54, 1.807) is 0 Å². The van der Waals surface area contributed by atoms with Gasteiger partial charge < -0.3 is 10.2 Å². The molecular formula is C19H29N3O. The maximum absolute atomic E-state index is 12.5. The molecule has 3 rings (SSSR count). The highest BCUT2D eigenvalue weighted by molar-refractivity contribution is 5.74. The van der Waals surface area contributed by atoms with Crippen molar-refractivity contribution < 1.29 is 4.79 Å². The first-order valence-electron chi connectivity index (χ1n) is 9.06. The van der Waals surface area contributed by atoms with E-state index in [2.05, 4.69) is 47.5 Å². The lowest BCUT2D eigenvalue weighted by atomic mass is 9.96. The maximum Gasteiger partial charge on any atom is 0.317 e. The highest BCUT2D eigenvalue weighted by atomic mass is 16.2. The number of nitrogens with one attached hydrogen (secondary N) is 1. The van der Waals surface area contributed by atoms with Crippen LogP contribution in [0.2, 0.25) is 0 Å². The van der Waals surface area contributed by atoms with Gasteiger partial charge in [-0.2, -0.15) is 0 Å². The van der Waals surface area contributed by atoms with Gasteiger partial charge in [0, 0.05) is 38.3 Å². The van der Waals surface area contributed by atoms with Gasteiger partial charge >= 0.3 is 6.03 Å². The smallest absolute Gasteiger partial charge is 0.317 e. The highest BCUT2D eigenvalue weighted by Gasteiger charge is 2.28. The van der Waals surface area contributed by atoms with E-state index in [4.69, 9.17) is 0 Å². The molecule has 1 aliphatic carbocycles. The second-order valence-electron chi connectivity index (χ2n) is 7.04. The average molecular weight is 315 g/mol. The van der Waals surface area contributed by atoms with Crippen molar-refractivity contribution in [2.45, 2.75) is 57.7 Å². The number of benzene rings is 1. The van der Waals surface area contributed by atoms with E-state index in [0.717, 1.165) is 39.0 Å². The minimum Gasteiger partial charge on any atom is -0.335 e. The van der Waals surface area contributed by atoms with Crippen LogP contribution in [-0.4, -0.2) is 47.5 Å². The van der Waals surface area contributed by atoms with Crippen LogP contribution in [0, 0.1) is 0 Å². The number of hydrogen-bond acceptors (Lipinski definition) is 2. The molecular weight excluding hydrogens is 286 g/mol. The topological polar surface area (TPSA) is 35.6 Å². The third kappa shape index (κ3) is 4.47. The van der Waals surface area contributed by atoms with E-state index in [9.17, 15) is 4.79 Å². The van der Waals surface area contributed by atoms with E-state index in [1.165, 1.54) is 24.8 Å². The average Bonchev–Trinajstić information content (AvgIpc) is 2.58. The molecule has 1 unspecified atom stereocenters. The maximum atomic E-state index is 12.5. The zero-order valence-electron chi connectivity index (χ0n) is 14.2. The zero-order valence-corrected chi connectivity index (χ0v) is 14.2. The van der Waals surface area contributed by atoms with Crippen molar-refractivity contribution >= 4 is 6.03 Å². The van der Waals surface area contributed by atoms with Crippen LogP contribution in [0.4, 0.5) is 4.79 Å². The van der Waals surface area contributed by atoms with Gasteiger partial charge in [-0.3, -0.25) is 4.90 Å². The van der Waals surface area contributed by atoms with Gasteiger partial charge in [-0.25, -0.2) is 4.79 Å². The Kier molecular flexibility index (Phi) is 5.55. The molecule has 4 heteroatoms. The fourth-order valence-corrected chi connectivity index (χ4v) is 3.75. The Labute approximate surface area is 139 Å². The van der Waals surface area contributed by atoms with Crippen molar-refractivity contribution in [1.29, 1.82) is 0 Å². The molecule has 1 aromatic rings. The van der Waals surface area contributed by atoms with Crippen molar-refractivity contribution in [2.24, 2.45) is 0 Å². The molecule has 1 heterocycles. The molecule has 1 N–H and O–H groups in total. The number of hydrogen-bond donors (Lipinski definition) is 1. The third-order valence-corrected chi connectivity index (χ3v) is 5.21. The molecule has 1 atom stereocenters. The largest absolute Gasteiger partial charge is 0.335 e. The Morgan fingerprint density at radius 3 is 2.57 bits per heavy atom. The van der Waals surface area contributed by atoms with Crippen LogP contribution in [0.25, 0.3) is 0 Å². The van der Waals surface area contributed by atoms with E-state index >= 15 is 0 Å². The molecule has 0 bridgehead atoms. The monoisotopic (exact) mass is 315 g/mol. The van der Waals surface area contributed by atoms with Crippen molar-refractivity contribution in [3.05, 3.63) is 35.9 Å². The number of carbonyl (C=O) groups excluding carboxylic acids is 1. The lowest BCUT2D eigenvalue weighted by Gasteiger charge is -2.40. The standard InChI is InChI=1S/C19H29N3O/c1-16-14-22(19(23)20-18-10-6-3-7-11-18)13-12-21(16)15-17-8-4-2-5-9-17/h2,4-5,8-9,16,18H,3,6-7,10-15H2,1H3,(H,20,23). The predicted octanol–water partition coefficient (Wildman–Crippen LogP) is 3.24. The number of urea groups is 1. The number of piperazine rings is 1. The molecule has 0 spiro atoms. The summed E-state index contributed by atoms with van der Waals surface area (Å²) >= 11 is 0. The van der Waals surface area contributed by atoms with Crippen molar-refractivity contribution in [1.82, 2.24) is 15.1 Å². The lowest BCUT2D eigenvalue weighted by molar-refractivity contribution is 0.0907. The van der Waals surface area contributed by atoms with Gasteiger partial charge in [0.05, 0.1) is 0 Å². The molecule has 2 aliphatic rings. The fourth-order valence-electron chi connectivity index (χ4n) is 3.75. The first-order valence-corrected chi connectivity index (χ1v) is 9.06. The summed E-state index contributed by atoms with van der Waals surface area (Å²) in [5.74, 6) is 0. The minimum atomic E-state index is 0.142. The second kappa shape index (κ2) is 7.82. The molecule has 1 saturated carbocycles. The van der Waals surface area contributed by atoms with E-state index in [-0.39, 0.29) is 6.03 Å². The number of carbonyl (C=O) groups is 1. The van der Waals surface area contributed by atoms with Gasteiger partial charge in [-0.05, 0) is 25.3 Å². The molecule has 1 aliphatic heterocycles. The Hall–Kier alpha value is -1.55. The Balaban J connectivity index is 1.48. The lowest BCUT2D eigenvalue weighted by Crippen LogP contribution is -2.56. The summed E-state index contributed by atoms with van der Waals surface area (Å²) in [6, 6.07) is 11.5. The Morgan fingerprint density at radius 1 is 1.13 bits per heavy atom. The summed E-state index contributed by atoms with van der Waals surface area (Å²) in [6.07, 6.45) is 6.13. The Morgan fingerprint density at radius 2 is 1.87 bits per heavy atom. The molecule has 0 aromatic heterocycles. The van der Waals surface area contributed by atoms with Gasteiger partial charge in [-0.15, -0.1) is 0 Å². The van der Waals surface area contributed by atoms with Crippen LogP contribution >= 0.6 is 0 Å². The summed E-state index contributed by atoms with van der Waals surface area (Å²) < 4.78 is 0. The zero-order chi connectivity index (χ0) is 16.1. The predicted molar refractivity (Wildman–Crippen MR) is 93.3 cm³/mol. The van der Waals surface area contributed by atoms with Gasteiger partial charge in [0.15, 0.2) is 0 Å². The molecule has 23 heavy (non-hydrogen) atoms. The van der Waals surface area contributed by atoms with Gasteiger partial charge in [0.1, 0.15) is 0 Å². The van der Waals surface area contributed by atoms with Gasteiger partial charge in [-0.1, -0.05) is 49.6 Å². The number of rotatable bonds is 3. The SMILES string of the molecule is CC1CN(C(=O)NC2CCCCC2)CCN1Cc1ccccc1. The molecule has 4 nitrogen and oxygen atoms in total. The molecule has 0 radical (unpaired) electrons. The normalized spacial score (nSPS) is 23.7. The minimum absolute atomic E-state index is 0.142. The summed E-state index contributed by atoms with van der Waals surface area (Å²) in [7, 11) is 0. The number of nitrogens with zero attached hydrogens (tertiary/aromatic N) is 2. The summed E-state index contributed by atoms with van der Waals surface area (Å²) in [5.41, 5.74) is 1.35. The first-order chi connectivity index (χ1) is 11.2. The summed E-state index contributed by atoms with van der Waals surface area (Å²) in [4.78, 5) is 16.9. The van der Waals surface area contributed by atoms with Crippen LogP contribution in [0.3, 0.4) is 0 Å². The van der Waals surface area contributed by atoms with Crippen LogP contribution in [0.1, 0.15) is 44.6 Å². The van der Waals surface area contributed by atoms with Crippen LogP contribution in [0.15, 0.2) is 30.3 Å². The van der Waals surface area contributed by atoms with Crippen LogP contribution in [-0.2, 0) is 6.54 Å². The molecule has 2 fully saturated rings. The second-order valence-corrected chi connectivity index (χ2v) is 7.04. The van der Waals surface area contributed by atoms with E-state index in [1.807, 2.05) is 4.90 Å². The van der Waals surface area contributed by atoms with Crippen molar-refractivity contribution in [3.63, 3.8) is 0 Å². The Bertz CT molecular complexity index is 499. The summed E-state index contributed by atoms with van der Waals surface area (Å²) in [5, 5.41) is 3.24. The summed E-state index contributed by atoms with van der Waals surface area (Å²) in [6.45, 7) is 5.80. The molecule has 1 aromatic carbocycles. The van der Waals surface area contributed by atoms with Gasteiger partial charge in [0.2, 0.25) is 0 Å². The van der Waals surface area contributed by atoms with E-state index < -0.39 is 0 Å². The third-order valence-electron chi connectivity index (χ3n) is 5.21. The highest BCUT2D eigenvalue weighted by Crippen LogP contribution is 2.18. The van der Waals surface area contributed by atoms with Crippen molar-refractivity contribution in [2.75, 3.05) is 19.6 Å². The van der Waals surface area contributed by atoms with Crippen LogP contribution < -0.4 is 5.32 Å². The van der Waals surface area contributed by atoms with Gasteiger partial charge in [0.25, 0.3) is 0 Å². The van der Waals surface area contributed by atoms with Crippen molar-refractivity contribution in [3.8, 4) is 0 Å². The quantitative estimate of drug-likeness (QED) is 0.929. The molecule has 2 amide bonds. The fraction of sp³-hybridized carbons (Fsp3) is 0.632. The number of amides is 2. The molecule has 126 valence electrons. The first kappa shape index (κ1) is 16.3. The van der Waals surface area contributed by atoms with Crippen LogP contribution in [0.5, 0.6) is 0 Å². The molecule has 1 saturated heterocycles. The van der Waals surface area contributed by atoms with E-state index in [0.29, 0.717) is 12.1 Å².